The number of pyridine rings is 1. The third-order valence-electron chi connectivity index (χ3n) is 2.47. The zero-order valence-corrected chi connectivity index (χ0v) is 9.60. The second-order valence-electron chi connectivity index (χ2n) is 3.82. The van der Waals surface area contributed by atoms with Crippen LogP contribution in [0.4, 0.5) is 10.2 Å². The fraction of sp³-hybridized carbons (Fsp3) is 0.0769. The Balaban J connectivity index is 1.91. The van der Waals surface area contributed by atoms with Gasteiger partial charge in [0.15, 0.2) is 5.65 Å². The van der Waals surface area contributed by atoms with E-state index < -0.39 is 30.0 Å². The molecule has 0 spiro atoms. The molecule has 0 unspecified atom stereocenters. The molecular formula is C13H11FN4O. The van der Waals surface area contributed by atoms with E-state index in [1.54, 1.807) is 12.1 Å². The molecule has 0 aliphatic rings. The minimum absolute atomic E-state index is 0.0332. The fourth-order valence-corrected chi connectivity index (χ4v) is 1.61. The van der Waals surface area contributed by atoms with Crippen LogP contribution in [-0.4, -0.2) is 15.0 Å². The number of hydrogen-bond acceptors (Lipinski definition) is 3. The molecule has 19 heavy (non-hydrogen) atoms. The van der Waals surface area contributed by atoms with Crippen molar-refractivity contribution in [1.29, 1.82) is 0 Å². The van der Waals surface area contributed by atoms with Gasteiger partial charge in [-0.1, -0.05) is 12.1 Å². The van der Waals surface area contributed by atoms with Crippen LogP contribution >= 0.6 is 0 Å². The molecule has 96 valence electrons. The van der Waals surface area contributed by atoms with Gasteiger partial charge in [0.2, 0.25) is 0 Å². The number of imidazole rings is 1. The monoisotopic (exact) mass is 262 g/mol. The molecule has 0 aliphatic heterocycles. The van der Waals surface area contributed by atoms with Crippen LogP contribution in [0.1, 0.15) is 11.0 Å². The summed E-state index contributed by atoms with van der Waals surface area (Å²) in [6, 6.07) is 0.926. The topological polar surface area (TPSA) is 73.6 Å². The quantitative estimate of drug-likeness (QED) is 0.676. The highest BCUT2D eigenvalue weighted by atomic mass is 19.1. The standard InChI is InChI=1S/C13H11FN4O/c14-9-3-1-8(2-4-9)7-15-11-6-5-10-12(17-11)18-13(19)16-10/h1-6H,7H2,(H3,15,16,17,18,19)/i1D,2D,3D,4D. The van der Waals surface area contributed by atoms with E-state index in [0.717, 1.165) is 0 Å². The Labute approximate surface area is 113 Å². The molecule has 3 rings (SSSR count). The summed E-state index contributed by atoms with van der Waals surface area (Å²) in [5, 5.41) is 2.84. The number of rotatable bonds is 3. The predicted molar refractivity (Wildman–Crippen MR) is 70.4 cm³/mol. The fourth-order valence-electron chi connectivity index (χ4n) is 1.61. The highest BCUT2D eigenvalue weighted by molar-refractivity contribution is 5.71. The Morgan fingerprint density at radius 3 is 2.84 bits per heavy atom. The van der Waals surface area contributed by atoms with E-state index in [9.17, 15) is 9.18 Å². The van der Waals surface area contributed by atoms with E-state index in [1.165, 1.54) is 0 Å². The molecule has 0 fully saturated rings. The van der Waals surface area contributed by atoms with Crippen molar-refractivity contribution in [1.82, 2.24) is 15.0 Å². The van der Waals surface area contributed by atoms with E-state index in [-0.39, 0.29) is 17.8 Å². The van der Waals surface area contributed by atoms with Gasteiger partial charge in [-0.15, -0.1) is 0 Å². The van der Waals surface area contributed by atoms with Crippen molar-refractivity contribution in [3.8, 4) is 0 Å². The number of nitrogens with one attached hydrogen (secondary N) is 3. The second kappa shape index (κ2) is 4.56. The van der Waals surface area contributed by atoms with Crippen LogP contribution in [0.15, 0.2) is 41.1 Å². The van der Waals surface area contributed by atoms with E-state index in [0.29, 0.717) is 17.0 Å². The summed E-state index contributed by atoms with van der Waals surface area (Å²) in [6.45, 7) is -0.0666. The second-order valence-corrected chi connectivity index (χ2v) is 3.82. The van der Waals surface area contributed by atoms with Gasteiger partial charge in [0.05, 0.1) is 11.0 Å². The molecule has 1 aromatic carbocycles. The first kappa shape index (κ1) is 7.73. The Morgan fingerprint density at radius 1 is 1.26 bits per heavy atom. The number of halogens is 1. The van der Waals surface area contributed by atoms with Crippen molar-refractivity contribution < 1.29 is 9.87 Å². The zero-order chi connectivity index (χ0) is 16.7. The minimum Gasteiger partial charge on any atom is -0.366 e. The first-order valence-electron chi connectivity index (χ1n) is 7.46. The van der Waals surface area contributed by atoms with Crippen LogP contribution in [0, 0.1) is 5.82 Å². The zero-order valence-electron chi connectivity index (χ0n) is 13.6. The highest BCUT2D eigenvalue weighted by Gasteiger charge is 2.01. The van der Waals surface area contributed by atoms with Gasteiger partial charge in [-0.2, -0.15) is 0 Å². The van der Waals surface area contributed by atoms with Crippen molar-refractivity contribution in [3.05, 3.63) is 58.2 Å². The molecule has 0 aliphatic carbocycles. The van der Waals surface area contributed by atoms with Gasteiger partial charge < -0.3 is 10.3 Å². The Kier molecular flexibility index (Phi) is 1.86. The average Bonchev–Trinajstić information content (AvgIpc) is 2.90. The maximum absolute atomic E-state index is 13.5. The highest BCUT2D eigenvalue weighted by Crippen LogP contribution is 2.11. The van der Waals surface area contributed by atoms with E-state index >= 15 is 0 Å². The summed E-state index contributed by atoms with van der Waals surface area (Å²) in [4.78, 5) is 20.4. The van der Waals surface area contributed by atoms with Gasteiger partial charge >= 0.3 is 5.69 Å². The molecular weight excluding hydrogens is 247 g/mol. The van der Waals surface area contributed by atoms with Crippen LogP contribution in [0.2, 0.25) is 0 Å². The number of hydrogen-bond donors (Lipinski definition) is 3. The Bertz CT molecular complexity index is 939. The molecule has 3 aromatic rings. The first-order valence-corrected chi connectivity index (χ1v) is 5.46. The van der Waals surface area contributed by atoms with E-state index in [2.05, 4.69) is 20.3 Å². The third-order valence-corrected chi connectivity index (χ3v) is 2.47. The SMILES string of the molecule is [2H]c1c([2H])c(CNc2ccc3[nH]c(=O)[nH]c3n2)c([2H])c([2H])c1F. The summed E-state index contributed by atoms with van der Waals surface area (Å²) in [5.41, 5.74) is 0.527. The lowest BCUT2D eigenvalue weighted by atomic mass is 10.2. The molecule has 0 amide bonds. The van der Waals surface area contributed by atoms with Crippen LogP contribution in [-0.2, 0) is 6.54 Å². The van der Waals surface area contributed by atoms with E-state index in [4.69, 9.17) is 5.48 Å². The van der Waals surface area contributed by atoms with Gasteiger partial charge in [0.1, 0.15) is 11.6 Å². The lowest BCUT2D eigenvalue weighted by Gasteiger charge is -2.05. The van der Waals surface area contributed by atoms with Crippen molar-refractivity contribution >= 4 is 17.0 Å². The number of aromatic amines is 2. The molecule has 2 aromatic heterocycles. The molecule has 0 saturated heterocycles. The number of nitrogens with zero attached hydrogens (tertiary/aromatic N) is 1. The Morgan fingerprint density at radius 2 is 2.05 bits per heavy atom. The molecule has 6 heteroatoms. The van der Waals surface area contributed by atoms with Crippen LogP contribution in [0.5, 0.6) is 0 Å². The first-order chi connectivity index (χ1) is 10.9. The smallest absolute Gasteiger partial charge is 0.325 e. The summed E-state index contributed by atoms with van der Waals surface area (Å²) in [7, 11) is 0. The van der Waals surface area contributed by atoms with Crippen LogP contribution < -0.4 is 11.0 Å². The largest absolute Gasteiger partial charge is 0.366 e. The number of fused-ring (bicyclic) bond motifs is 1. The summed E-state index contributed by atoms with van der Waals surface area (Å²) < 4.78 is 43.9. The van der Waals surface area contributed by atoms with Crippen molar-refractivity contribution in [2.75, 3.05) is 5.32 Å². The normalized spacial score (nSPS) is 13.7. The summed E-state index contributed by atoms with van der Waals surface area (Å²) in [6.07, 6.45) is 0. The minimum atomic E-state index is -1.17. The number of H-pyrrole nitrogens is 2. The molecule has 3 N–H and O–H groups in total. The maximum atomic E-state index is 13.5. The van der Waals surface area contributed by atoms with E-state index in [1.807, 2.05) is 0 Å². The van der Waals surface area contributed by atoms with Gasteiger partial charge in [-0.05, 0) is 29.8 Å². The summed E-state index contributed by atoms with van der Waals surface area (Å²) >= 11 is 0. The Hall–Kier alpha value is -2.63. The van der Waals surface area contributed by atoms with Crippen molar-refractivity contribution in [2.45, 2.75) is 6.54 Å². The molecule has 5 nitrogen and oxygen atoms in total. The molecule has 0 radical (unpaired) electrons. The molecule has 0 saturated carbocycles. The number of benzene rings is 1. The lowest BCUT2D eigenvalue weighted by Crippen LogP contribution is -2.01. The van der Waals surface area contributed by atoms with Crippen LogP contribution in [0.3, 0.4) is 0 Å². The maximum Gasteiger partial charge on any atom is 0.325 e. The lowest BCUT2D eigenvalue weighted by molar-refractivity contribution is 0.627. The van der Waals surface area contributed by atoms with Gasteiger partial charge in [0.25, 0.3) is 0 Å². The summed E-state index contributed by atoms with van der Waals surface area (Å²) in [5.74, 6) is -0.804. The number of anilines is 1. The van der Waals surface area contributed by atoms with Crippen molar-refractivity contribution in [2.24, 2.45) is 0 Å². The average molecular weight is 262 g/mol. The number of aromatic nitrogens is 3. The van der Waals surface area contributed by atoms with Crippen LogP contribution in [0.25, 0.3) is 11.2 Å². The third kappa shape index (κ3) is 2.47. The predicted octanol–water partition coefficient (Wildman–Crippen LogP) is 2.00. The van der Waals surface area contributed by atoms with Gasteiger partial charge in [-0.3, -0.25) is 4.98 Å². The molecule has 0 bridgehead atoms. The van der Waals surface area contributed by atoms with Gasteiger partial charge in [0, 0.05) is 6.54 Å². The van der Waals surface area contributed by atoms with Crippen molar-refractivity contribution in [3.63, 3.8) is 0 Å². The molecule has 0 atom stereocenters. The molecule has 2 heterocycles. The van der Waals surface area contributed by atoms with Gasteiger partial charge in [-0.25, -0.2) is 14.2 Å².